The largest absolute Gasteiger partial charge is 0.481 e. The van der Waals surface area contributed by atoms with Crippen molar-refractivity contribution in [3.8, 4) is 11.1 Å². The molecule has 0 aliphatic rings. The molecule has 0 bridgehead atoms. The predicted octanol–water partition coefficient (Wildman–Crippen LogP) is 5.19. The Morgan fingerprint density at radius 3 is 2.34 bits per heavy atom. The molecule has 1 amide bonds. The van der Waals surface area contributed by atoms with Crippen LogP contribution >= 0.6 is 11.6 Å². The summed E-state index contributed by atoms with van der Waals surface area (Å²) in [4.78, 5) is 27.3. The number of amides is 1. The van der Waals surface area contributed by atoms with Gasteiger partial charge in [-0.1, -0.05) is 35.9 Å². The summed E-state index contributed by atoms with van der Waals surface area (Å²) in [7, 11) is -3.98. The minimum absolute atomic E-state index is 0.0458. The number of carboxylic acid groups (broad SMARTS) is 1. The van der Waals surface area contributed by atoms with E-state index in [2.05, 4.69) is 10.3 Å². The van der Waals surface area contributed by atoms with Crippen molar-refractivity contribution in [2.45, 2.75) is 51.0 Å². The van der Waals surface area contributed by atoms with Crippen molar-refractivity contribution in [2.24, 2.45) is 0 Å². The monoisotopic (exact) mass is 689 g/mol. The second-order valence-electron chi connectivity index (χ2n) is 10.9. The van der Waals surface area contributed by atoms with Crippen LogP contribution in [0.1, 0.15) is 48.9 Å². The molecule has 0 saturated heterocycles. The molecule has 2 N–H and O–H groups in total. The van der Waals surface area contributed by atoms with E-state index in [1.54, 1.807) is 37.5 Å². The molecule has 3 aromatic rings. The Morgan fingerprint density at radius 1 is 0.957 bits per heavy atom. The van der Waals surface area contributed by atoms with Crippen LogP contribution in [0, 0.1) is 13.8 Å². The fraction of sp³-hybridized carbons (Fsp3) is 0.441. The molecule has 47 heavy (non-hydrogen) atoms. The highest BCUT2D eigenvalue weighted by atomic mass is 35.5. The highest BCUT2D eigenvalue weighted by molar-refractivity contribution is 7.89. The number of benzene rings is 2. The molecular formula is C34H44ClN3O8S. The zero-order chi connectivity index (χ0) is 34.2. The molecule has 13 heteroatoms. The van der Waals surface area contributed by atoms with E-state index in [9.17, 15) is 18.0 Å². The van der Waals surface area contributed by atoms with Gasteiger partial charge in [0, 0.05) is 43.0 Å². The predicted molar refractivity (Wildman–Crippen MR) is 180 cm³/mol. The lowest BCUT2D eigenvalue weighted by molar-refractivity contribution is -0.138. The third-order valence-corrected chi connectivity index (χ3v) is 10.0. The number of rotatable bonds is 21. The van der Waals surface area contributed by atoms with Crippen LogP contribution in [0.15, 0.2) is 65.8 Å². The maximum absolute atomic E-state index is 14.1. The molecule has 256 valence electrons. The van der Waals surface area contributed by atoms with Crippen molar-refractivity contribution >= 4 is 33.5 Å². The molecule has 0 unspecified atom stereocenters. The number of halogens is 1. The highest BCUT2D eigenvalue weighted by Crippen LogP contribution is 2.33. The van der Waals surface area contributed by atoms with Crippen molar-refractivity contribution < 1.29 is 37.3 Å². The van der Waals surface area contributed by atoms with Gasteiger partial charge in [0.15, 0.2) is 0 Å². The van der Waals surface area contributed by atoms with Gasteiger partial charge in [-0.25, -0.2) is 8.42 Å². The minimum Gasteiger partial charge on any atom is -0.481 e. The van der Waals surface area contributed by atoms with Gasteiger partial charge in [0.25, 0.3) is 0 Å². The van der Waals surface area contributed by atoms with Crippen molar-refractivity contribution in [3.05, 3.63) is 82.6 Å². The van der Waals surface area contributed by atoms with E-state index in [4.69, 9.17) is 30.9 Å². The van der Waals surface area contributed by atoms with Crippen molar-refractivity contribution in [2.75, 3.05) is 52.7 Å². The van der Waals surface area contributed by atoms with Crippen molar-refractivity contribution in [1.29, 1.82) is 0 Å². The fourth-order valence-electron chi connectivity index (χ4n) is 4.89. The van der Waals surface area contributed by atoms with Gasteiger partial charge in [-0.15, -0.1) is 0 Å². The van der Waals surface area contributed by atoms with E-state index in [1.165, 1.54) is 4.31 Å². The van der Waals surface area contributed by atoms with Crippen LogP contribution in [-0.4, -0.2) is 87.4 Å². The normalized spacial score (nSPS) is 12.3. The second kappa shape index (κ2) is 19.4. The number of carbonyl (C=O) groups is 2. The maximum atomic E-state index is 14.1. The molecule has 0 aliphatic carbocycles. The average Bonchev–Trinajstić information content (AvgIpc) is 3.04. The molecule has 0 spiro atoms. The fourth-order valence-corrected chi connectivity index (χ4v) is 7.03. The number of carboxylic acids is 1. The van der Waals surface area contributed by atoms with Crippen LogP contribution in [0.5, 0.6) is 0 Å². The molecular weight excluding hydrogens is 646 g/mol. The van der Waals surface area contributed by atoms with E-state index < -0.39 is 22.0 Å². The molecule has 0 aliphatic heterocycles. The van der Waals surface area contributed by atoms with E-state index >= 15 is 0 Å². The van der Waals surface area contributed by atoms with Crippen LogP contribution in [0.2, 0.25) is 5.02 Å². The molecule has 11 nitrogen and oxygen atoms in total. The molecule has 1 atom stereocenters. The molecule has 1 heterocycles. The van der Waals surface area contributed by atoms with E-state index in [-0.39, 0.29) is 36.8 Å². The van der Waals surface area contributed by atoms with Gasteiger partial charge in [0.1, 0.15) is 0 Å². The van der Waals surface area contributed by atoms with Crippen LogP contribution < -0.4 is 5.32 Å². The molecule has 0 fully saturated rings. The quantitative estimate of drug-likeness (QED) is 0.144. The zero-order valence-electron chi connectivity index (χ0n) is 27.1. The first-order chi connectivity index (χ1) is 22.5. The van der Waals surface area contributed by atoms with Gasteiger partial charge in [0.2, 0.25) is 15.9 Å². The van der Waals surface area contributed by atoms with Gasteiger partial charge in [-0.2, -0.15) is 4.31 Å². The third-order valence-electron chi connectivity index (χ3n) is 7.49. The molecule has 0 saturated carbocycles. The van der Waals surface area contributed by atoms with Gasteiger partial charge >= 0.3 is 5.97 Å². The molecule has 3 rings (SSSR count). The first-order valence-electron chi connectivity index (χ1n) is 15.5. The Morgan fingerprint density at radius 2 is 1.64 bits per heavy atom. The Kier molecular flexibility index (Phi) is 15.7. The number of hydrogen-bond acceptors (Lipinski definition) is 8. The van der Waals surface area contributed by atoms with Crippen molar-refractivity contribution in [3.63, 3.8) is 0 Å². The summed E-state index contributed by atoms with van der Waals surface area (Å²) in [5.41, 5.74) is 4.28. The number of ether oxygens (including phenoxy) is 3. The number of aromatic nitrogens is 1. The minimum atomic E-state index is -3.98. The van der Waals surface area contributed by atoms with Crippen LogP contribution in [0.25, 0.3) is 11.1 Å². The molecule has 2 aromatic carbocycles. The Balaban J connectivity index is 1.56. The number of pyridine rings is 1. The number of sulfonamides is 1. The summed E-state index contributed by atoms with van der Waals surface area (Å²) in [5, 5.41) is 11.7. The van der Waals surface area contributed by atoms with E-state index in [1.807, 2.05) is 44.2 Å². The summed E-state index contributed by atoms with van der Waals surface area (Å²) < 4.78 is 45.6. The Bertz CT molecular complexity index is 1570. The van der Waals surface area contributed by atoms with E-state index in [0.717, 1.165) is 22.3 Å². The van der Waals surface area contributed by atoms with Gasteiger partial charge in [-0.3, -0.25) is 14.6 Å². The number of aryl methyl sites for hydroxylation is 1. The SMILES string of the molecule is Cc1cnccc1-c1cccc([C@H](C)N(CCCC(=O)NCCOCCOCCOCCC(=O)O)S(=O)(=O)c2cccc(Cl)c2C)c1. The zero-order valence-corrected chi connectivity index (χ0v) is 28.7. The lowest BCUT2D eigenvalue weighted by Crippen LogP contribution is -2.36. The number of nitrogens with one attached hydrogen (secondary N) is 1. The first kappa shape index (κ1) is 38.1. The third kappa shape index (κ3) is 12.0. The first-order valence-corrected chi connectivity index (χ1v) is 17.3. The second-order valence-corrected chi connectivity index (χ2v) is 13.2. The van der Waals surface area contributed by atoms with Gasteiger partial charge < -0.3 is 24.6 Å². The summed E-state index contributed by atoms with van der Waals surface area (Å²) >= 11 is 6.32. The van der Waals surface area contributed by atoms with Gasteiger partial charge in [-0.05, 0) is 79.3 Å². The lowest BCUT2D eigenvalue weighted by Gasteiger charge is -2.30. The lowest BCUT2D eigenvalue weighted by atomic mass is 9.98. The van der Waals surface area contributed by atoms with Crippen molar-refractivity contribution in [1.82, 2.24) is 14.6 Å². The number of hydrogen-bond donors (Lipinski definition) is 2. The summed E-state index contributed by atoms with van der Waals surface area (Å²) in [6.45, 7) is 7.69. The smallest absolute Gasteiger partial charge is 0.305 e. The average molecular weight is 690 g/mol. The Labute approximate surface area is 282 Å². The standard InChI is InChI=1S/C34H44ClN3O8S/c1-25-24-36-14-12-30(25)29-8-4-7-28(23-29)27(3)38(47(42,43)32-10-5-9-31(35)26(32)2)16-6-11-33(39)37-15-18-45-20-22-46-21-19-44-17-13-34(40)41/h4-5,7-10,12,14,23-24,27H,6,11,13,15-22H2,1-3H3,(H,37,39)(H,40,41)/t27-/m0/s1. The maximum Gasteiger partial charge on any atom is 0.305 e. The number of nitrogens with zero attached hydrogens (tertiary/aromatic N) is 2. The van der Waals surface area contributed by atoms with Crippen LogP contribution in [-0.2, 0) is 33.8 Å². The van der Waals surface area contributed by atoms with Crippen LogP contribution in [0.4, 0.5) is 0 Å². The molecule has 1 aromatic heterocycles. The van der Waals surface area contributed by atoms with Crippen LogP contribution in [0.3, 0.4) is 0 Å². The number of carbonyl (C=O) groups excluding carboxylic acids is 1. The summed E-state index contributed by atoms with van der Waals surface area (Å²) in [6, 6.07) is 14.1. The highest BCUT2D eigenvalue weighted by Gasteiger charge is 2.31. The summed E-state index contributed by atoms with van der Waals surface area (Å²) in [5.74, 6) is -1.11. The summed E-state index contributed by atoms with van der Waals surface area (Å²) in [6.07, 6.45) is 3.92. The van der Waals surface area contributed by atoms with Gasteiger partial charge in [0.05, 0.1) is 51.0 Å². The molecule has 0 radical (unpaired) electrons. The Hall–Kier alpha value is -3.39. The van der Waals surface area contributed by atoms with E-state index in [0.29, 0.717) is 56.6 Å². The topological polar surface area (TPSA) is 144 Å². The number of aliphatic carboxylic acids is 1.